The minimum absolute atomic E-state index is 0.0552. The molecule has 1 aliphatic rings. The molecule has 7 heteroatoms. The van der Waals surface area contributed by atoms with Gasteiger partial charge in [-0.3, -0.25) is 4.79 Å². The van der Waals surface area contributed by atoms with Crippen molar-refractivity contribution in [2.24, 2.45) is 0 Å². The number of thioether (sulfide) groups is 1. The number of carbonyl (C=O) groups excluding carboxylic acids is 1. The Morgan fingerprint density at radius 1 is 1.40 bits per heavy atom. The molecule has 0 unspecified atom stereocenters. The average molecular weight is 292 g/mol. The van der Waals surface area contributed by atoms with Crippen LogP contribution < -0.4 is 0 Å². The lowest BCUT2D eigenvalue weighted by Gasteiger charge is -2.09. The van der Waals surface area contributed by atoms with Gasteiger partial charge in [-0.05, 0) is 54.5 Å². The number of nitrogens with zero attached hydrogens (tertiary/aromatic N) is 4. The van der Waals surface area contributed by atoms with Crippen LogP contribution in [-0.4, -0.2) is 31.2 Å². The Hall–Kier alpha value is -1.76. The molecule has 1 heterocycles. The molecule has 0 spiro atoms. The topological polar surface area (TPSA) is 60.7 Å². The van der Waals surface area contributed by atoms with Crippen molar-refractivity contribution in [1.29, 1.82) is 0 Å². The highest BCUT2D eigenvalue weighted by Gasteiger charge is 2.29. The number of Topliss-reactive ketones (excluding diaryl/α,β-unsaturated/α-hetero) is 1. The number of tetrazole rings is 1. The summed E-state index contributed by atoms with van der Waals surface area (Å²) in [5.41, 5.74) is 0.497. The maximum Gasteiger partial charge on any atom is 0.210 e. The van der Waals surface area contributed by atoms with Gasteiger partial charge in [-0.1, -0.05) is 11.8 Å². The minimum Gasteiger partial charge on any atom is -0.293 e. The largest absolute Gasteiger partial charge is 0.293 e. The summed E-state index contributed by atoms with van der Waals surface area (Å²) in [6.45, 7) is 1.81. The molecule has 2 aromatic rings. The number of hydrogen-bond donors (Lipinski definition) is 0. The fourth-order valence-corrected chi connectivity index (χ4v) is 2.81. The molecule has 0 saturated heterocycles. The van der Waals surface area contributed by atoms with Crippen molar-refractivity contribution in [1.82, 2.24) is 20.2 Å². The highest BCUT2D eigenvalue weighted by molar-refractivity contribution is 8.00. The number of hydrogen-bond acceptors (Lipinski definition) is 5. The maximum atomic E-state index is 12.9. The number of benzene rings is 1. The molecule has 0 bridgehead atoms. The Balaban J connectivity index is 1.72. The lowest BCUT2D eigenvalue weighted by molar-refractivity contribution is 0.0994. The van der Waals surface area contributed by atoms with Crippen LogP contribution in [0.25, 0.3) is 0 Å². The molecule has 5 nitrogen and oxygen atoms in total. The van der Waals surface area contributed by atoms with E-state index in [1.54, 1.807) is 4.68 Å². The molecule has 0 amide bonds. The summed E-state index contributed by atoms with van der Waals surface area (Å²) in [4.78, 5) is 12.3. The molecule has 1 aromatic carbocycles. The maximum absolute atomic E-state index is 12.9. The smallest absolute Gasteiger partial charge is 0.210 e. The molecule has 0 radical (unpaired) electrons. The first-order chi connectivity index (χ1) is 9.65. The fourth-order valence-electron chi connectivity index (χ4n) is 1.87. The van der Waals surface area contributed by atoms with Crippen LogP contribution in [0.1, 0.15) is 36.2 Å². The van der Waals surface area contributed by atoms with E-state index >= 15 is 0 Å². The molecule has 1 atom stereocenters. The summed E-state index contributed by atoms with van der Waals surface area (Å²) in [7, 11) is 0. The SMILES string of the molecule is C[C@@H](Sc1nnnn1C1CC1)C(=O)c1ccc(F)cc1. The molecule has 0 N–H and O–H groups in total. The Morgan fingerprint density at radius 3 is 2.75 bits per heavy atom. The van der Waals surface area contributed by atoms with Gasteiger partial charge in [0.15, 0.2) is 5.78 Å². The molecule has 1 fully saturated rings. The zero-order valence-electron chi connectivity index (χ0n) is 10.9. The van der Waals surface area contributed by atoms with E-state index in [0.29, 0.717) is 16.8 Å². The van der Waals surface area contributed by atoms with Gasteiger partial charge < -0.3 is 0 Å². The summed E-state index contributed by atoms with van der Waals surface area (Å²) in [6.07, 6.45) is 2.16. The Bertz CT molecular complexity index is 624. The van der Waals surface area contributed by atoms with Crippen LogP contribution in [0.2, 0.25) is 0 Å². The van der Waals surface area contributed by atoms with Gasteiger partial charge >= 0.3 is 0 Å². The van der Waals surface area contributed by atoms with Gasteiger partial charge in [0.25, 0.3) is 0 Å². The van der Waals surface area contributed by atoms with Gasteiger partial charge in [-0.15, -0.1) is 5.10 Å². The lowest BCUT2D eigenvalue weighted by atomic mass is 10.1. The van der Waals surface area contributed by atoms with Crippen molar-refractivity contribution < 1.29 is 9.18 Å². The molecule has 20 heavy (non-hydrogen) atoms. The second-order valence-electron chi connectivity index (χ2n) is 4.77. The average Bonchev–Trinajstić information content (AvgIpc) is 3.19. The first kappa shape index (κ1) is 13.2. The summed E-state index contributed by atoms with van der Waals surface area (Å²) < 4.78 is 14.6. The van der Waals surface area contributed by atoms with Crippen LogP contribution in [0.4, 0.5) is 4.39 Å². The van der Waals surface area contributed by atoms with Crippen LogP contribution >= 0.6 is 11.8 Å². The van der Waals surface area contributed by atoms with E-state index in [1.807, 2.05) is 6.92 Å². The zero-order chi connectivity index (χ0) is 14.1. The van der Waals surface area contributed by atoms with E-state index in [0.717, 1.165) is 12.8 Å². The second kappa shape index (κ2) is 5.32. The molecule has 3 rings (SSSR count). The number of halogens is 1. The third-order valence-corrected chi connectivity index (χ3v) is 4.18. The standard InChI is InChI=1S/C13H13FN4OS/c1-8(12(19)9-2-4-10(14)5-3-9)20-13-15-16-17-18(13)11-6-7-11/h2-5,8,11H,6-7H2,1H3/t8-/m1/s1. The van der Waals surface area contributed by atoms with Crippen LogP contribution in [-0.2, 0) is 0 Å². The van der Waals surface area contributed by atoms with Crippen LogP contribution in [0.3, 0.4) is 0 Å². The lowest BCUT2D eigenvalue weighted by Crippen LogP contribution is -2.14. The summed E-state index contributed by atoms with van der Waals surface area (Å²) in [5, 5.41) is 11.9. The quantitative estimate of drug-likeness (QED) is 0.626. The van der Waals surface area contributed by atoms with Crippen LogP contribution in [0.5, 0.6) is 0 Å². The Labute approximate surface area is 119 Å². The fraction of sp³-hybridized carbons (Fsp3) is 0.385. The summed E-state index contributed by atoms with van der Waals surface area (Å²) >= 11 is 1.34. The molecule has 0 aliphatic heterocycles. The first-order valence-corrected chi connectivity index (χ1v) is 7.27. The van der Waals surface area contributed by atoms with Gasteiger partial charge in [-0.2, -0.15) is 0 Å². The van der Waals surface area contributed by atoms with E-state index in [9.17, 15) is 9.18 Å². The third-order valence-electron chi connectivity index (χ3n) is 3.14. The van der Waals surface area contributed by atoms with Gasteiger partial charge in [0.05, 0.1) is 11.3 Å². The molecular weight excluding hydrogens is 279 g/mol. The van der Waals surface area contributed by atoms with E-state index in [-0.39, 0.29) is 16.9 Å². The van der Waals surface area contributed by atoms with Crippen molar-refractivity contribution in [3.8, 4) is 0 Å². The predicted molar refractivity (Wildman–Crippen MR) is 72.1 cm³/mol. The predicted octanol–water partition coefficient (Wildman–Crippen LogP) is 2.51. The highest BCUT2D eigenvalue weighted by Crippen LogP contribution is 2.37. The Morgan fingerprint density at radius 2 is 2.10 bits per heavy atom. The van der Waals surface area contributed by atoms with Gasteiger partial charge in [0.2, 0.25) is 5.16 Å². The van der Waals surface area contributed by atoms with Crippen molar-refractivity contribution in [2.45, 2.75) is 36.2 Å². The zero-order valence-corrected chi connectivity index (χ0v) is 11.7. The molecule has 1 aliphatic carbocycles. The normalized spacial score (nSPS) is 16.1. The van der Waals surface area contributed by atoms with E-state index < -0.39 is 0 Å². The third kappa shape index (κ3) is 2.72. The Kier molecular flexibility index (Phi) is 3.52. The molecule has 104 valence electrons. The van der Waals surface area contributed by atoms with Crippen molar-refractivity contribution in [3.05, 3.63) is 35.6 Å². The molecule has 1 saturated carbocycles. The van der Waals surface area contributed by atoms with Crippen molar-refractivity contribution in [2.75, 3.05) is 0 Å². The second-order valence-corrected chi connectivity index (χ2v) is 6.08. The van der Waals surface area contributed by atoms with Crippen LogP contribution in [0.15, 0.2) is 29.4 Å². The number of aromatic nitrogens is 4. The van der Waals surface area contributed by atoms with Gasteiger partial charge in [-0.25, -0.2) is 9.07 Å². The van der Waals surface area contributed by atoms with E-state index in [2.05, 4.69) is 15.5 Å². The number of rotatable bonds is 5. The van der Waals surface area contributed by atoms with Gasteiger partial charge in [0, 0.05) is 5.56 Å². The van der Waals surface area contributed by atoms with E-state index in [4.69, 9.17) is 0 Å². The monoisotopic (exact) mass is 292 g/mol. The number of carbonyl (C=O) groups is 1. The molecule has 1 aromatic heterocycles. The van der Waals surface area contributed by atoms with Crippen LogP contribution in [0, 0.1) is 5.82 Å². The molecular formula is C13H13FN4OS. The highest BCUT2D eigenvalue weighted by atomic mass is 32.2. The van der Waals surface area contributed by atoms with Crippen molar-refractivity contribution >= 4 is 17.5 Å². The first-order valence-electron chi connectivity index (χ1n) is 6.39. The summed E-state index contributed by atoms with van der Waals surface area (Å²) in [5.74, 6) is -0.403. The van der Waals surface area contributed by atoms with Gasteiger partial charge in [0.1, 0.15) is 5.82 Å². The minimum atomic E-state index is -0.348. The van der Waals surface area contributed by atoms with E-state index in [1.165, 1.54) is 36.0 Å². The number of ketones is 1. The van der Waals surface area contributed by atoms with Crippen molar-refractivity contribution in [3.63, 3.8) is 0 Å². The summed E-state index contributed by atoms with van der Waals surface area (Å²) in [6, 6.07) is 5.95.